The summed E-state index contributed by atoms with van der Waals surface area (Å²) in [5.41, 5.74) is 5.89. The lowest BCUT2D eigenvalue weighted by Crippen LogP contribution is -2.39. The number of nitrogens with two attached hydrogens (primary N) is 1. The fourth-order valence-electron chi connectivity index (χ4n) is 2.21. The summed E-state index contributed by atoms with van der Waals surface area (Å²) in [7, 11) is 0. The molecule has 88 valence electrons. The van der Waals surface area contributed by atoms with Crippen LogP contribution in [0.15, 0.2) is 17.5 Å². The number of hydrogen-bond donors (Lipinski definition) is 2. The van der Waals surface area contributed by atoms with Gasteiger partial charge in [-0.15, -0.1) is 11.3 Å². The molecule has 1 aromatic heterocycles. The average Bonchev–Trinajstić information content (AvgIpc) is 2.88. The van der Waals surface area contributed by atoms with Crippen molar-refractivity contribution in [2.75, 3.05) is 6.54 Å². The van der Waals surface area contributed by atoms with Crippen molar-refractivity contribution in [2.45, 2.75) is 31.7 Å². The van der Waals surface area contributed by atoms with Crippen molar-refractivity contribution in [3.8, 4) is 0 Å². The number of amides is 1. The molecule has 0 saturated heterocycles. The quantitative estimate of drug-likeness (QED) is 0.836. The van der Waals surface area contributed by atoms with Crippen LogP contribution in [0.25, 0.3) is 0 Å². The van der Waals surface area contributed by atoms with Crippen LogP contribution >= 0.6 is 11.3 Å². The van der Waals surface area contributed by atoms with E-state index in [4.69, 9.17) is 5.73 Å². The summed E-state index contributed by atoms with van der Waals surface area (Å²) in [6.07, 6.45) is 3.95. The summed E-state index contributed by atoms with van der Waals surface area (Å²) in [5, 5.41) is 5.04. The Morgan fingerprint density at radius 2 is 2.44 bits per heavy atom. The summed E-state index contributed by atoms with van der Waals surface area (Å²) < 4.78 is 0. The van der Waals surface area contributed by atoms with Crippen molar-refractivity contribution >= 4 is 17.2 Å². The molecule has 0 aromatic carbocycles. The minimum Gasteiger partial charge on any atom is -0.355 e. The molecule has 1 saturated carbocycles. The number of rotatable bonds is 4. The van der Waals surface area contributed by atoms with Gasteiger partial charge in [0.05, 0.1) is 5.92 Å². The van der Waals surface area contributed by atoms with Gasteiger partial charge in [0.25, 0.3) is 0 Å². The summed E-state index contributed by atoms with van der Waals surface area (Å²) >= 11 is 1.73. The van der Waals surface area contributed by atoms with Crippen molar-refractivity contribution < 1.29 is 4.79 Å². The second-order valence-corrected chi connectivity index (χ2v) is 5.35. The number of nitrogens with one attached hydrogen (secondary N) is 1. The molecule has 2 unspecified atom stereocenters. The Morgan fingerprint density at radius 1 is 1.56 bits per heavy atom. The first-order chi connectivity index (χ1) is 7.77. The molecule has 0 aliphatic heterocycles. The molecule has 3 nitrogen and oxygen atoms in total. The van der Waals surface area contributed by atoms with E-state index in [1.54, 1.807) is 11.3 Å². The molecule has 4 heteroatoms. The van der Waals surface area contributed by atoms with Crippen LogP contribution in [-0.2, 0) is 11.2 Å². The standard InChI is InChI=1S/C12H18N2OS/c13-11-5-1-4-10(11)12(15)14-7-6-9-3-2-8-16-9/h2-3,8,10-11H,1,4-7,13H2,(H,14,15). The van der Waals surface area contributed by atoms with Gasteiger partial charge in [0, 0.05) is 17.5 Å². The number of carbonyl (C=O) groups is 1. The minimum absolute atomic E-state index is 0.0448. The Hall–Kier alpha value is -0.870. The highest BCUT2D eigenvalue weighted by molar-refractivity contribution is 7.09. The smallest absolute Gasteiger partial charge is 0.224 e. The van der Waals surface area contributed by atoms with E-state index >= 15 is 0 Å². The molecule has 2 rings (SSSR count). The molecule has 0 spiro atoms. The fourth-order valence-corrected chi connectivity index (χ4v) is 2.92. The Morgan fingerprint density at radius 3 is 3.06 bits per heavy atom. The molecule has 1 aromatic rings. The molecule has 16 heavy (non-hydrogen) atoms. The van der Waals surface area contributed by atoms with Crippen LogP contribution in [0.3, 0.4) is 0 Å². The zero-order chi connectivity index (χ0) is 11.4. The van der Waals surface area contributed by atoms with Crippen molar-refractivity contribution in [1.29, 1.82) is 0 Å². The van der Waals surface area contributed by atoms with Crippen LogP contribution in [-0.4, -0.2) is 18.5 Å². The Bertz CT molecular complexity index is 337. The predicted octanol–water partition coefficient (Wildman–Crippen LogP) is 1.53. The third-order valence-corrected chi connectivity index (χ3v) is 4.09. The SMILES string of the molecule is NC1CCCC1C(=O)NCCc1cccs1. The summed E-state index contributed by atoms with van der Waals surface area (Å²) in [6, 6.07) is 4.20. The van der Waals surface area contributed by atoms with E-state index in [2.05, 4.69) is 16.8 Å². The van der Waals surface area contributed by atoms with Crippen LogP contribution in [0, 0.1) is 5.92 Å². The van der Waals surface area contributed by atoms with Gasteiger partial charge in [-0.05, 0) is 30.7 Å². The molecule has 1 amide bonds. The van der Waals surface area contributed by atoms with Gasteiger partial charge in [-0.2, -0.15) is 0 Å². The molecular weight excluding hydrogens is 220 g/mol. The maximum absolute atomic E-state index is 11.8. The molecule has 0 bridgehead atoms. The highest BCUT2D eigenvalue weighted by atomic mass is 32.1. The zero-order valence-electron chi connectivity index (χ0n) is 9.32. The first-order valence-corrected chi connectivity index (χ1v) is 6.71. The highest BCUT2D eigenvalue weighted by Crippen LogP contribution is 2.23. The third-order valence-electron chi connectivity index (χ3n) is 3.16. The van der Waals surface area contributed by atoms with E-state index in [1.807, 2.05) is 6.07 Å². The van der Waals surface area contributed by atoms with Gasteiger partial charge in [0.1, 0.15) is 0 Å². The summed E-state index contributed by atoms with van der Waals surface area (Å²) in [5.74, 6) is 0.185. The number of carbonyl (C=O) groups excluding carboxylic acids is 1. The summed E-state index contributed by atoms with van der Waals surface area (Å²) in [6.45, 7) is 0.725. The Kier molecular flexibility index (Phi) is 3.96. The average molecular weight is 238 g/mol. The Balaban J connectivity index is 1.71. The van der Waals surface area contributed by atoms with Gasteiger partial charge in [-0.25, -0.2) is 0 Å². The molecule has 2 atom stereocenters. The number of hydrogen-bond acceptors (Lipinski definition) is 3. The molecule has 1 aliphatic carbocycles. The van der Waals surface area contributed by atoms with Gasteiger partial charge < -0.3 is 11.1 Å². The zero-order valence-corrected chi connectivity index (χ0v) is 10.1. The molecule has 3 N–H and O–H groups in total. The van der Waals surface area contributed by atoms with E-state index in [0.717, 1.165) is 32.2 Å². The minimum atomic E-state index is 0.0448. The van der Waals surface area contributed by atoms with Crippen LogP contribution < -0.4 is 11.1 Å². The molecule has 1 aliphatic rings. The highest BCUT2D eigenvalue weighted by Gasteiger charge is 2.29. The Labute approximate surface area is 100 Å². The van der Waals surface area contributed by atoms with E-state index in [1.165, 1.54) is 4.88 Å². The second-order valence-electron chi connectivity index (χ2n) is 4.32. The first kappa shape index (κ1) is 11.6. The van der Waals surface area contributed by atoms with Crippen LogP contribution in [0.1, 0.15) is 24.1 Å². The van der Waals surface area contributed by atoms with Gasteiger partial charge in [0.2, 0.25) is 5.91 Å². The maximum atomic E-state index is 11.8. The second kappa shape index (κ2) is 5.46. The lowest BCUT2D eigenvalue weighted by molar-refractivity contribution is -0.125. The molecule has 1 heterocycles. The molecule has 0 radical (unpaired) electrons. The fraction of sp³-hybridized carbons (Fsp3) is 0.583. The first-order valence-electron chi connectivity index (χ1n) is 5.83. The summed E-state index contributed by atoms with van der Waals surface area (Å²) in [4.78, 5) is 13.1. The van der Waals surface area contributed by atoms with Crippen LogP contribution in [0.5, 0.6) is 0 Å². The van der Waals surface area contributed by atoms with Gasteiger partial charge in [0.15, 0.2) is 0 Å². The number of thiophene rings is 1. The van der Waals surface area contributed by atoms with Gasteiger partial charge >= 0.3 is 0 Å². The van der Waals surface area contributed by atoms with Crippen LogP contribution in [0.4, 0.5) is 0 Å². The predicted molar refractivity (Wildman–Crippen MR) is 66.3 cm³/mol. The van der Waals surface area contributed by atoms with Crippen molar-refractivity contribution in [1.82, 2.24) is 5.32 Å². The lowest BCUT2D eigenvalue weighted by Gasteiger charge is -2.14. The normalized spacial score (nSPS) is 24.6. The topological polar surface area (TPSA) is 55.1 Å². The molecule has 1 fully saturated rings. The van der Waals surface area contributed by atoms with Crippen molar-refractivity contribution in [3.63, 3.8) is 0 Å². The van der Waals surface area contributed by atoms with E-state index in [0.29, 0.717) is 0 Å². The van der Waals surface area contributed by atoms with Crippen LogP contribution in [0.2, 0.25) is 0 Å². The largest absolute Gasteiger partial charge is 0.355 e. The van der Waals surface area contributed by atoms with E-state index in [-0.39, 0.29) is 17.9 Å². The monoisotopic (exact) mass is 238 g/mol. The van der Waals surface area contributed by atoms with Crippen molar-refractivity contribution in [2.24, 2.45) is 11.7 Å². The van der Waals surface area contributed by atoms with E-state index < -0.39 is 0 Å². The third kappa shape index (κ3) is 2.83. The maximum Gasteiger partial charge on any atom is 0.224 e. The van der Waals surface area contributed by atoms with E-state index in [9.17, 15) is 4.79 Å². The molecular formula is C12H18N2OS. The van der Waals surface area contributed by atoms with Gasteiger partial charge in [-0.3, -0.25) is 4.79 Å². The van der Waals surface area contributed by atoms with Gasteiger partial charge in [-0.1, -0.05) is 12.5 Å². The van der Waals surface area contributed by atoms with Crippen molar-refractivity contribution in [3.05, 3.63) is 22.4 Å². The lowest BCUT2D eigenvalue weighted by atomic mass is 10.0.